The quantitative estimate of drug-likeness (QED) is 0.0810. The Hall–Kier alpha value is -4.84. The van der Waals surface area contributed by atoms with Crippen LogP contribution in [0.25, 0.3) is 22.2 Å². The summed E-state index contributed by atoms with van der Waals surface area (Å²) in [6.07, 6.45) is 1.52. The largest absolute Gasteiger partial charge is 0.493 e. The minimum Gasteiger partial charge on any atom is -0.493 e. The van der Waals surface area contributed by atoms with Crippen molar-refractivity contribution in [1.29, 1.82) is 0 Å². The molecule has 0 aliphatic rings. The van der Waals surface area contributed by atoms with Crippen LogP contribution >= 0.6 is 22.6 Å². The molecule has 1 heterocycles. The fourth-order valence-electron chi connectivity index (χ4n) is 4.22. The van der Waals surface area contributed by atoms with E-state index in [0.29, 0.717) is 39.4 Å². The Morgan fingerprint density at radius 2 is 1.80 bits per heavy atom. The monoisotopic (exact) mass is 658 g/mol. The van der Waals surface area contributed by atoms with E-state index in [-0.39, 0.29) is 18.2 Å². The molecule has 0 saturated heterocycles. The van der Waals surface area contributed by atoms with Gasteiger partial charge in [-0.05, 0) is 58.0 Å². The van der Waals surface area contributed by atoms with Crippen LogP contribution in [0.5, 0.6) is 11.5 Å². The van der Waals surface area contributed by atoms with Gasteiger partial charge in [-0.1, -0.05) is 60.7 Å². The average molecular weight is 658 g/mol. The van der Waals surface area contributed by atoms with Crippen molar-refractivity contribution < 1.29 is 19.2 Å². The Kier molecular flexibility index (Phi) is 8.49. The number of para-hydroxylation sites is 1. The lowest BCUT2D eigenvalue weighted by atomic mass is 10.0. The molecule has 0 saturated carbocycles. The van der Waals surface area contributed by atoms with Gasteiger partial charge in [-0.3, -0.25) is 14.9 Å². The predicted molar refractivity (Wildman–Crippen MR) is 165 cm³/mol. The number of hydrogen-bond acceptors (Lipinski definition) is 7. The number of aromatic nitrogens is 1. The summed E-state index contributed by atoms with van der Waals surface area (Å²) >= 11 is 2.12. The van der Waals surface area contributed by atoms with Crippen LogP contribution in [0.1, 0.15) is 21.5 Å². The highest BCUT2D eigenvalue weighted by molar-refractivity contribution is 14.1. The second-order valence-electron chi connectivity index (χ2n) is 8.89. The second-order valence-corrected chi connectivity index (χ2v) is 10.0. The summed E-state index contributed by atoms with van der Waals surface area (Å²) in [5.74, 6) is 0.593. The van der Waals surface area contributed by atoms with Gasteiger partial charge in [-0.2, -0.15) is 5.10 Å². The van der Waals surface area contributed by atoms with Crippen LogP contribution in [-0.4, -0.2) is 29.1 Å². The van der Waals surface area contributed by atoms with Gasteiger partial charge in [0.25, 0.3) is 11.6 Å². The maximum Gasteiger partial charge on any atom is 0.272 e. The van der Waals surface area contributed by atoms with E-state index < -0.39 is 4.92 Å². The van der Waals surface area contributed by atoms with Gasteiger partial charge in [0, 0.05) is 23.1 Å². The summed E-state index contributed by atoms with van der Waals surface area (Å²) < 4.78 is 12.2. The van der Waals surface area contributed by atoms with Gasteiger partial charge in [-0.25, -0.2) is 10.4 Å². The van der Waals surface area contributed by atoms with E-state index in [1.807, 2.05) is 60.7 Å². The standard InChI is InChI=1S/C31H23IN4O5/c1-40-29-16-21(15-26(32)30(29)41-19-20-8-7-11-23(14-20)36(38)39)18-33-35-31(37)25-17-28(22-9-3-2-4-10-22)34-27-13-6-5-12-24(25)27/h2-18H,19H2,1H3,(H,35,37)/b33-18+. The zero-order valence-corrected chi connectivity index (χ0v) is 23.9. The van der Waals surface area contributed by atoms with E-state index in [9.17, 15) is 14.9 Å². The number of amides is 1. The van der Waals surface area contributed by atoms with E-state index in [1.165, 1.54) is 25.5 Å². The molecule has 4 aromatic carbocycles. The van der Waals surface area contributed by atoms with Gasteiger partial charge in [0.2, 0.25) is 0 Å². The Labute approximate surface area is 249 Å². The van der Waals surface area contributed by atoms with Gasteiger partial charge >= 0.3 is 0 Å². The molecule has 5 rings (SSSR count). The first-order valence-electron chi connectivity index (χ1n) is 12.4. The van der Waals surface area contributed by atoms with Crippen LogP contribution in [0.3, 0.4) is 0 Å². The maximum absolute atomic E-state index is 13.2. The maximum atomic E-state index is 13.2. The number of nitrogens with one attached hydrogen (secondary N) is 1. The van der Waals surface area contributed by atoms with Crippen molar-refractivity contribution in [3.63, 3.8) is 0 Å². The van der Waals surface area contributed by atoms with Crippen molar-refractivity contribution in [2.75, 3.05) is 7.11 Å². The van der Waals surface area contributed by atoms with Crippen molar-refractivity contribution in [1.82, 2.24) is 10.4 Å². The number of nitro groups is 1. The highest BCUT2D eigenvalue weighted by Gasteiger charge is 2.15. The summed E-state index contributed by atoms with van der Waals surface area (Å²) in [5, 5.41) is 16.0. The molecule has 1 aromatic heterocycles. The van der Waals surface area contributed by atoms with Crippen LogP contribution in [0.15, 0.2) is 102 Å². The number of carbonyl (C=O) groups is 1. The number of ether oxygens (including phenoxy) is 2. The first-order chi connectivity index (χ1) is 19.9. The number of non-ortho nitro benzene ring substituents is 1. The van der Waals surface area contributed by atoms with E-state index in [2.05, 4.69) is 33.1 Å². The number of nitro benzene ring substituents is 1. The molecule has 204 valence electrons. The smallest absolute Gasteiger partial charge is 0.272 e. The van der Waals surface area contributed by atoms with E-state index in [1.54, 1.807) is 24.3 Å². The summed E-state index contributed by atoms with van der Waals surface area (Å²) in [5.41, 5.74) is 6.73. The van der Waals surface area contributed by atoms with Gasteiger partial charge in [-0.15, -0.1) is 0 Å². The van der Waals surface area contributed by atoms with Gasteiger partial charge in [0.15, 0.2) is 11.5 Å². The van der Waals surface area contributed by atoms with Crippen molar-refractivity contribution >= 4 is 51.3 Å². The summed E-state index contributed by atoms with van der Waals surface area (Å²) in [6, 6.07) is 28.8. The Balaban J connectivity index is 1.34. The van der Waals surface area contributed by atoms with Crippen molar-refractivity contribution in [2.24, 2.45) is 5.10 Å². The van der Waals surface area contributed by atoms with Crippen LogP contribution < -0.4 is 14.9 Å². The van der Waals surface area contributed by atoms with Crippen molar-refractivity contribution in [2.45, 2.75) is 6.61 Å². The van der Waals surface area contributed by atoms with E-state index in [4.69, 9.17) is 14.5 Å². The normalized spacial score (nSPS) is 11.0. The number of halogens is 1. The molecule has 41 heavy (non-hydrogen) atoms. The second kappa shape index (κ2) is 12.6. The molecule has 0 fully saturated rings. The lowest BCUT2D eigenvalue weighted by Crippen LogP contribution is -2.18. The van der Waals surface area contributed by atoms with E-state index in [0.717, 1.165) is 14.5 Å². The number of hydrogen-bond donors (Lipinski definition) is 1. The summed E-state index contributed by atoms with van der Waals surface area (Å²) in [6.45, 7) is 0.127. The number of carbonyl (C=O) groups excluding carboxylic acids is 1. The van der Waals surface area contributed by atoms with Crippen molar-refractivity contribution in [3.8, 4) is 22.8 Å². The molecular weight excluding hydrogens is 635 g/mol. The third kappa shape index (κ3) is 6.49. The van der Waals surface area contributed by atoms with Crippen molar-refractivity contribution in [3.05, 3.63) is 127 Å². The SMILES string of the molecule is COc1cc(/C=N/NC(=O)c2cc(-c3ccccc3)nc3ccccc23)cc(I)c1OCc1cccc([N+](=O)[O-])c1. The number of benzene rings is 4. The molecule has 5 aromatic rings. The Bertz CT molecular complexity index is 1780. The van der Waals surface area contributed by atoms with Crippen LogP contribution in [0.2, 0.25) is 0 Å². The van der Waals surface area contributed by atoms with Crippen LogP contribution in [0.4, 0.5) is 5.69 Å². The predicted octanol–water partition coefficient (Wildman–Crippen LogP) is 6.77. The Morgan fingerprint density at radius 3 is 2.59 bits per heavy atom. The summed E-state index contributed by atoms with van der Waals surface area (Å²) in [4.78, 5) is 28.6. The first kappa shape index (κ1) is 27.7. The average Bonchev–Trinajstić information content (AvgIpc) is 3.00. The third-order valence-corrected chi connectivity index (χ3v) is 6.97. The number of methoxy groups -OCH3 is 1. The minimum atomic E-state index is -0.444. The van der Waals surface area contributed by atoms with Gasteiger partial charge in [0.1, 0.15) is 6.61 Å². The Morgan fingerprint density at radius 1 is 1.02 bits per heavy atom. The topological polar surface area (TPSA) is 116 Å². The lowest BCUT2D eigenvalue weighted by molar-refractivity contribution is -0.384. The molecule has 0 spiro atoms. The molecule has 9 nitrogen and oxygen atoms in total. The molecule has 0 aliphatic heterocycles. The number of nitrogens with zero attached hydrogens (tertiary/aromatic N) is 3. The highest BCUT2D eigenvalue weighted by Crippen LogP contribution is 2.34. The minimum absolute atomic E-state index is 0.00239. The fourth-order valence-corrected chi connectivity index (χ4v) is 5.00. The third-order valence-electron chi connectivity index (χ3n) is 6.17. The molecule has 0 bridgehead atoms. The molecule has 0 unspecified atom stereocenters. The molecule has 0 aliphatic carbocycles. The first-order valence-corrected chi connectivity index (χ1v) is 13.5. The molecule has 1 N–H and O–H groups in total. The zero-order valence-electron chi connectivity index (χ0n) is 21.8. The molecule has 0 atom stereocenters. The number of fused-ring (bicyclic) bond motifs is 1. The number of pyridine rings is 1. The molecular formula is C31H23IN4O5. The van der Waals surface area contributed by atoms with Crippen LogP contribution in [-0.2, 0) is 6.61 Å². The summed E-state index contributed by atoms with van der Waals surface area (Å²) in [7, 11) is 1.52. The molecule has 1 amide bonds. The van der Waals surface area contributed by atoms with Gasteiger partial charge < -0.3 is 9.47 Å². The van der Waals surface area contributed by atoms with Gasteiger partial charge in [0.05, 0.1) is 38.6 Å². The van der Waals surface area contributed by atoms with Crippen LogP contribution in [0, 0.1) is 13.7 Å². The fraction of sp³-hybridized carbons (Fsp3) is 0.0645. The number of hydrazone groups is 1. The highest BCUT2D eigenvalue weighted by atomic mass is 127. The lowest BCUT2D eigenvalue weighted by Gasteiger charge is -2.13. The molecule has 10 heteroatoms. The number of rotatable bonds is 9. The molecule has 0 radical (unpaired) electrons. The zero-order chi connectivity index (χ0) is 28.8. The van der Waals surface area contributed by atoms with E-state index >= 15 is 0 Å².